The third-order valence-electron chi connectivity index (χ3n) is 4.49. The van der Waals surface area contributed by atoms with Crippen LogP contribution in [-0.2, 0) is 9.59 Å². The van der Waals surface area contributed by atoms with Crippen molar-refractivity contribution in [1.82, 2.24) is 4.90 Å². The first-order chi connectivity index (χ1) is 13.8. The fourth-order valence-electron chi connectivity index (χ4n) is 3.02. The molecule has 2 aromatic rings. The van der Waals surface area contributed by atoms with E-state index < -0.39 is 0 Å². The number of carbonyl (C=O) groups excluding carboxylic acids is 3. The number of rotatable bonds is 5. The number of ether oxygens (including phenoxy) is 2. The largest absolute Gasteiger partial charge is 0.495 e. The Hall–Kier alpha value is -3.55. The lowest BCUT2D eigenvalue weighted by atomic mass is 10.1. The molecule has 0 fully saturated rings. The lowest BCUT2D eigenvalue weighted by Gasteiger charge is -2.29. The molecule has 3 rings (SSSR count). The number of fused-ring (bicyclic) bond motifs is 1. The van der Waals surface area contributed by atoms with Crippen LogP contribution in [0.25, 0.3) is 0 Å². The molecule has 0 atom stereocenters. The molecule has 0 spiro atoms. The molecule has 1 N–H and O–H groups in total. The Morgan fingerprint density at radius 1 is 1.21 bits per heavy atom. The van der Waals surface area contributed by atoms with Gasteiger partial charge < -0.3 is 19.7 Å². The number of aryl methyl sites for hydroxylation is 1. The normalized spacial score (nSPS) is 12.7. The molecule has 1 heterocycles. The molecule has 3 amide bonds. The summed E-state index contributed by atoms with van der Waals surface area (Å²) in [6, 6.07) is 10.3. The molecular weight excluding hydrogens is 374 g/mol. The van der Waals surface area contributed by atoms with Gasteiger partial charge in [0.25, 0.3) is 11.8 Å². The number of amides is 3. The maximum Gasteiger partial charge on any atom is 0.265 e. The van der Waals surface area contributed by atoms with Crippen LogP contribution in [0.2, 0.25) is 0 Å². The summed E-state index contributed by atoms with van der Waals surface area (Å²) in [7, 11) is 4.80. The summed E-state index contributed by atoms with van der Waals surface area (Å²) in [5.41, 5.74) is 2.27. The maximum atomic E-state index is 12.7. The average Bonchev–Trinajstić information content (AvgIpc) is 2.69. The van der Waals surface area contributed by atoms with Crippen LogP contribution < -0.4 is 19.7 Å². The number of nitrogens with zero attached hydrogens (tertiary/aromatic N) is 2. The van der Waals surface area contributed by atoms with Gasteiger partial charge in [-0.2, -0.15) is 0 Å². The summed E-state index contributed by atoms with van der Waals surface area (Å²) in [5, 5.41) is 2.78. The first-order valence-corrected chi connectivity index (χ1v) is 9.03. The molecule has 0 aliphatic carbocycles. The quantitative estimate of drug-likeness (QED) is 0.835. The van der Waals surface area contributed by atoms with Gasteiger partial charge in [-0.25, -0.2) is 0 Å². The third kappa shape index (κ3) is 4.31. The zero-order valence-electron chi connectivity index (χ0n) is 16.8. The zero-order valence-corrected chi connectivity index (χ0v) is 16.8. The van der Waals surface area contributed by atoms with Gasteiger partial charge in [0.05, 0.1) is 18.5 Å². The molecule has 0 aromatic heterocycles. The van der Waals surface area contributed by atoms with Crippen LogP contribution in [0.15, 0.2) is 36.4 Å². The van der Waals surface area contributed by atoms with E-state index in [4.69, 9.17) is 9.47 Å². The van der Waals surface area contributed by atoms with Crippen LogP contribution in [0.4, 0.5) is 11.4 Å². The molecule has 0 unspecified atom stereocenters. The second kappa shape index (κ2) is 8.22. The molecule has 0 bridgehead atoms. The van der Waals surface area contributed by atoms with Crippen molar-refractivity contribution in [3.63, 3.8) is 0 Å². The van der Waals surface area contributed by atoms with Crippen LogP contribution in [0.3, 0.4) is 0 Å². The topological polar surface area (TPSA) is 88.2 Å². The third-order valence-corrected chi connectivity index (χ3v) is 4.49. The van der Waals surface area contributed by atoms with E-state index in [1.807, 2.05) is 13.0 Å². The van der Waals surface area contributed by atoms with Gasteiger partial charge in [-0.05, 0) is 42.8 Å². The standard InChI is InChI=1S/C21H23N3O5/c1-13-5-7-17(28-4)15(9-13)22-19(25)11-24-16-10-14(21(27)23(2)3)6-8-18(16)29-12-20(24)26/h5-10H,11-12H2,1-4H3,(H,22,25). The number of nitrogens with one attached hydrogen (secondary N) is 1. The van der Waals surface area contributed by atoms with E-state index in [-0.39, 0.29) is 30.9 Å². The van der Waals surface area contributed by atoms with Crippen molar-refractivity contribution >= 4 is 29.1 Å². The molecule has 8 nitrogen and oxygen atoms in total. The van der Waals surface area contributed by atoms with E-state index in [2.05, 4.69) is 5.32 Å². The number of methoxy groups -OCH3 is 1. The molecule has 0 saturated heterocycles. The fourth-order valence-corrected chi connectivity index (χ4v) is 3.02. The molecule has 0 saturated carbocycles. The predicted molar refractivity (Wildman–Crippen MR) is 109 cm³/mol. The molecule has 152 valence electrons. The van der Waals surface area contributed by atoms with E-state index in [1.54, 1.807) is 44.4 Å². The first kappa shape index (κ1) is 20.2. The Morgan fingerprint density at radius 3 is 2.66 bits per heavy atom. The van der Waals surface area contributed by atoms with Crippen molar-refractivity contribution in [1.29, 1.82) is 0 Å². The predicted octanol–water partition coefficient (Wildman–Crippen LogP) is 2.07. The number of hydrogen-bond acceptors (Lipinski definition) is 5. The van der Waals surface area contributed by atoms with Crippen LogP contribution in [0, 0.1) is 6.92 Å². The second-order valence-electron chi connectivity index (χ2n) is 6.90. The highest BCUT2D eigenvalue weighted by Gasteiger charge is 2.28. The SMILES string of the molecule is COc1ccc(C)cc1NC(=O)CN1C(=O)COc2ccc(C(=O)N(C)C)cc21. The molecule has 8 heteroatoms. The van der Waals surface area contributed by atoms with E-state index in [1.165, 1.54) is 16.9 Å². The monoisotopic (exact) mass is 397 g/mol. The van der Waals surface area contributed by atoms with Crippen molar-refractivity contribution in [2.75, 3.05) is 44.6 Å². The van der Waals surface area contributed by atoms with Crippen molar-refractivity contribution in [2.24, 2.45) is 0 Å². The minimum absolute atomic E-state index is 0.172. The highest BCUT2D eigenvalue weighted by Crippen LogP contribution is 2.33. The van der Waals surface area contributed by atoms with Gasteiger partial charge in [0.1, 0.15) is 18.0 Å². The van der Waals surface area contributed by atoms with Gasteiger partial charge in [-0.1, -0.05) is 6.07 Å². The molecule has 2 aromatic carbocycles. The van der Waals surface area contributed by atoms with Crippen LogP contribution >= 0.6 is 0 Å². The summed E-state index contributed by atoms with van der Waals surface area (Å²) in [5.74, 6) is 0.00910. The Labute approximate surface area is 169 Å². The fraction of sp³-hybridized carbons (Fsp3) is 0.286. The Morgan fingerprint density at radius 2 is 1.97 bits per heavy atom. The van der Waals surface area contributed by atoms with Crippen LogP contribution in [0.1, 0.15) is 15.9 Å². The molecule has 0 radical (unpaired) electrons. The summed E-state index contributed by atoms with van der Waals surface area (Å²) in [6.45, 7) is 1.51. The molecular formula is C21H23N3O5. The van der Waals surface area contributed by atoms with E-state index in [0.717, 1.165) is 5.56 Å². The van der Waals surface area contributed by atoms with Crippen molar-refractivity contribution in [2.45, 2.75) is 6.92 Å². The van der Waals surface area contributed by atoms with Crippen LogP contribution in [-0.4, -0.2) is 57.0 Å². The first-order valence-electron chi connectivity index (χ1n) is 9.03. The minimum Gasteiger partial charge on any atom is -0.495 e. The van der Waals surface area contributed by atoms with Gasteiger partial charge >= 0.3 is 0 Å². The van der Waals surface area contributed by atoms with Crippen molar-refractivity contribution in [3.8, 4) is 11.5 Å². The second-order valence-corrected chi connectivity index (χ2v) is 6.90. The van der Waals surface area contributed by atoms with Crippen molar-refractivity contribution < 1.29 is 23.9 Å². The molecule has 29 heavy (non-hydrogen) atoms. The molecule has 1 aliphatic heterocycles. The number of benzene rings is 2. The summed E-state index contributed by atoms with van der Waals surface area (Å²) < 4.78 is 10.7. The Balaban J connectivity index is 1.85. The Kier molecular flexibility index (Phi) is 5.72. The smallest absolute Gasteiger partial charge is 0.265 e. The van der Waals surface area contributed by atoms with E-state index in [0.29, 0.717) is 28.4 Å². The lowest BCUT2D eigenvalue weighted by molar-refractivity contribution is -0.123. The van der Waals surface area contributed by atoms with E-state index in [9.17, 15) is 14.4 Å². The number of hydrogen-bond donors (Lipinski definition) is 1. The molecule has 1 aliphatic rings. The van der Waals surface area contributed by atoms with Gasteiger partial charge in [0.2, 0.25) is 5.91 Å². The number of anilines is 2. The van der Waals surface area contributed by atoms with Gasteiger partial charge in [-0.3, -0.25) is 19.3 Å². The summed E-state index contributed by atoms with van der Waals surface area (Å²) in [4.78, 5) is 40.1. The van der Waals surface area contributed by atoms with E-state index >= 15 is 0 Å². The summed E-state index contributed by atoms with van der Waals surface area (Å²) >= 11 is 0. The van der Waals surface area contributed by atoms with Gasteiger partial charge in [0.15, 0.2) is 6.61 Å². The number of carbonyl (C=O) groups is 3. The van der Waals surface area contributed by atoms with Gasteiger partial charge in [-0.15, -0.1) is 0 Å². The van der Waals surface area contributed by atoms with Crippen molar-refractivity contribution in [3.05, 3.63) is 47.5 Å². The minimum atomic E-state index is -0.389. The lowest BCUT2D eigenvalue weighted by Crippen LogP contribution is -2.43. The average molecular weight is 397 g/mol. The van der Waals surface area contributed by atoms with Crippen LogP contribution in [0.5, 0.6) is 11.5 Å². The zero-order chi connectivity index (χ0) is 21.1. The van der Waals surface area contributed by atoms with Gasteiger partial charge in [0, 0.05) is 19.7 Å². The highest BCUT2D eigenvalue weighted by molar-refractivity contribution is 6.06. The summed E-state index contributed by atoms with van der Waals surface area (Å²) in [6.07, 6.45) is 0. The Bertz CT molecular complexity index is 971. The maximum absolute atomic E-state index is 12.7. The highest BCUT2D eigenvalue weighted by atomic mass is 16.5.